The van der Waals surface area contributed by atoms with Crippen LogP contribution in [0.4, 0.5) is 4.79 Å². The molecule has 126 valence electrons. The molecule has 1 fully saturated rings. The van der Waals surface area contributed by atoms with Gasteiger partial charge in [0.05, 0.1) is 0 Å². The van der Waals surface area contributed by atoms with E-state index in [9.17, 15) is 9.90 Å². The van der Waals surface area contributed by atoms with Crippen LogP contribution in [0.15, 0.2) is 0 Å². The molecule has 5 heteroatoms. The maximum atomic E-state index is 11.8. The SMILES string of the molecule is CC.CC1C[C@@](CO)(CCO)CC1NC(=O)OC(C)(C)C. The highest BCUT2D eigenvalue weighted by atomic mass is 16.6. The zero-order valence-corrected chi connectivity index (χ0v) is 14.4. The first-order valence-corrected chi connectivity index (χ1v) is 7.92. The van der Waals surface area contributed by atoms with E-state index in [1.54, 1.807) is 0 Å². The third-order valence-electron chi connectivity index (χ3n) is 3.77. The van der Waals surface area contributed by atoms with Crippen LogP contribution in [-0.2, 0) is 4.74 Å². The van der Waals surface area contributed by atoms with Crippen molar-refractivity contribution in [3.05, 3.63) is 0 Å². The van der Waals surface area contributed by atoms with Crippen molar-refractivity contribution in [2.24, 2.45) is 11.3 Å². The first-order valence-electron chi connectivity index (χ1n) is 7.92. The monoisotopic (exact) mass is 303 g/mol. The molecule has 1 aliphatic carbocycles. The van der Waals surface area contributed by atoms with Gasteiger partial charge in [0.2, 0.25) is 0 Å². The van der Waals surface area contributed by atoms with Gasteiger partial charge >= 0.3 is 6.09 Å². The normalized spacial score (nSPS) is 28.6. The summed E-state index contributed by atoms with van der Waals surface area (Å²) in [4.78, 5) is 11.8. The van der Waals surface area contributed by atoms with Crippen LogP contribution in [0.3, 0.4) is 0 Å². The maximum absolute atomic E-state index is 11.8. The molecule has 1 saturated carbocycles. The molecule has 2 unspecified atom stereocenters. The summed E-state index contributed by atoms with van der Waals surface area (Å²) in [5, 5.41) is 21.5. The largest absolute Gasteiger partial charge is 0.444 e. The fourth-order valence-corrected chi connectivity index (χ4v) is 2.88. The summed E-state index contributed by atoms with van der Waals surface area (Å²) < 4.78 is 5.25. The maximum Gasteiger partial charge on any atom is 0.407 e. The van der Waals surface area contributed by atoms with Gasteiger partial charge in [-0.2, -0.15) is 0 Å². The molecular weight excluding hydrogens is 270 g/mol. The standard InChI is InChI=1S/C14H27NO4.C2H6/c1-10-7-14(9-17,5-6-16)8-11(10)15-12(18)19-13(2,3)4;1-2/h10-11,16-17H,5-9H2,1-4H3,(H,15,18);1-2H3/t10?,11?,14-;/m0./s1. The average Bonchev–Trinajstić information content (AvgIpc) is 2.67. The summed E-state index contributed by atoms with van der Waals surface area (Å²) in [5.41, 5.74) is -0.779. The summed E-state index contributed by atoms with van der Waals surface area (Å²) in [6.07, 6.45) is 1.65. The number of nitrogens with one attached hydrogen (secondary N) is 1. The van der Waals surface area contributed by atoms with Gasteiger partial charge in [0.25, 0.3) is 0 Å². The molecular formula is C16H33NO4. The van der Waals surface area contributed by atoms with Crippen LogP contribution < -0.4 is 5.32 Å². The molecule has 0 aromatic rings. The highest BCUT2D eigenvalue weighted by molar-refractivity contribution is 5.68. The smallest absolute Gasteiger partial charge is 0.407 e. The second kappa shape index (κ2) is 8.59. The van der Waals surface area contributed by atoms with Gasteiger partial charge in [0.1, 0.15) is 5.60 Å². The number of ether oxygens (including phenoxy) is 1. The fraction of sp³-hybridized carbons (Fsp3) is 0.938. The number of carbonyl (C=O) groups excluding carboxylic acids is 1. The van der Waals surface area contributed by atoms with Crippen molar-refractivity contribution in [1.82, 2.24) is 5.32 Å². The molecule has 1 aliphatic rings. The Hall–Kier alpha value is -0.810. The van der Waals surface area contributed by atoms with Gasteiger partial charge in [0, 0.05) is 19.3 Å². The summed E-state index contributed by atoms with van der Waals surface area (Å²) in [7, 11) is 0. The molecule has 0 bridgehead atoms. The Balaban J connectivity index is 0.00000191. The molecule has 3 N–H and O–H groups in total. The lowest BCUT2D eigenvalue weighted by molar-refractivity contribution is 0.0486. The molecule has 0 heterocycles. The number of hydrogen-bond acceptors (Lipinski definition) is 4. The number of aliphatic hydroxyl groups is 2. The van der Waals surface area contributed by atoms with Crippen molar-refractivity contribution in [2.45, 2.75) is 72.4 Å². The zero-order chi connectivity index (χ0) is 16.7. The third kappa shape index (κ3) is 6.66. The quantitative estimate of drug-likeness (QED) is 0.746. The van der Waals surface area contributed by atoms with Crippen LogP contribution in [0.1, 0.15) is 60.8 Å². The summed E-state index contributed by atoms with van der Waals surface area (Å²) >= 11 is 0. The number of hydrogen-bond donors (Lipinski definition) is 3. The highest BCUT2D eigenvalue weighted by Crippen LogP contribution is 2.44. The van der Waals surface area contributed by atoms with E-state index in [0.717, 1.165) is 6.42 Å². The minimum atomic E-state index is -0.509. The fourth-order valence-electron chi connectivity index (χ4n) is 2.88. The second-order valence-electron chi connectivity index (χ2n) is 6.77. The molecule has 0 saturated heterocycles. The van der Waals surface area contributed by atoms with Crippen LogP contribution in [0.25, 0.3) is 0 Å². The molecule has 1 amide bonds. The Morgan fingerprint density at radius 2 is 1.86 bits per heavy atom. The molecule has 0 radical (unpaired) electrons. The Morgan fingerprint density at radius 3 is 2.29 bits per heavy atom. The topological polar surface area (TPSA) is 78.8 Å². The first kappa shape index (κ1) is 20.2. The Kier molecular flexibility index (Phi) is 8.26. The molecule has 21 heavy (non-hydrogen) atoms. The predicted octanol–water partition coefficient (Wildman–Crippen LogP) is 2.70. The molecule has 0 aromatic heterocycles. The van der Waals surface area contributed by atoms with Gasteiger partial charge in [0.15, 0.2) is 0 Å². The number of amides is 1. The molecule has 5 nitrogen and oxygen atoms in total. The number of alkyl carbamates (subject to hydrolysis) is 1. The minimum Gasteiger partial charge on any atom is -0.444 e. The lowest BCUT2D eigenvalue weighted by Gasteiger charge is -2.26. The zero-order valence-electron chi connectivity index (χ0n) is 14.4. The van der Waals surface area contributed by atoms with Crippen LogP contribution in [0, 0.1) is 11.3 Å². The van der Waals surface area contributed by atoms with E-state index in [-0.39, 0.29) is 30.6 Å². The minimum absolute atomic E-state index is 0.00597. The van der Waals surface area contributed by atoms with Crippen LogP contribution in [-0.4, -0.2) is 41.2 Å². The van der Waals surface area contributed by atoms with Gasteiger partial charge in [-0.05, 0) is 51.4 Å². The van der Waals surface area contributed by atoms with Gasteiger partial charge in [-0.3, -0.25) is 0 Å². The number of rotatable bonds is 4. The van der Waals surface area contributed by atoms with Crippen molar-refractivity contribution >= 4 is 6.09 Å². The number of carbonyl (C=O) groups is 1. The average molecular weight is 303 g/mol. The first-order chi connectivity index (χ1) is 9.71. The van der Waals surface area contributed by atoms with E-state index in [1.807, 2.05) is 34.6 Å². The molecule has 0 spiro atoms. The van der Waals surface area contributed by atoms with Crippen LogP contribution in [0.2, 0.25) is 0 Å². The van der Waals surface area contributed by atoms with E-state index in [2.05, 4.69) is 12.2 Å². The van der Waals surface area contributed by atoms with E-state index in [4.69, 9.17) is 9.84 Å². The second-order valence-corrected chi connectivity index (χ2v) is 6.77. The van der Waals surface area contributed by atoms with Crippen molar-refractivity contribution < 1.29 is 19.7 Å². The van der Waals surface area contributed by atoms with E-state index in [1.165, 1.54) is 0 Å². The Bertz CT molecular complexity index is 314. The van der Waals surface area contributed by atoms with Gasteiger partial charge in [-0.1, -0.05) is 20.8 Å². The molecule has 0 aliphatic heterocycles. The Labute approximate surface area is 129 Å². The predicted molar refractivity (Wildman–Crippen MR) is 84.1 cm³/mol. The highest BCUT2D eigenvalue weighted by Gasteiger charge is 2.43. The van der Waals surface area contributed by atoms with Crippen molar-refractivity contribution in [3.63, 3.8) is 0 Å². The van der Waals surface area contributed by atoms with Crippen molar-refractivity contribution in [3.8, 4) is 0 Å². The summed E-state index contributed by atoms with van der Waals surface area (Å²) in [6.45, 7) is 11.6. The van der Waals surface area contributed by atoms with Crippen molar-refractivity contribution in [2.75, 3.05) is 13.2 Å². The van der Waals surface area contributed by atoms with E-state index in [0.29, 0.717) is 12.8 Å². The lowest BCUT2D eigenvalue weighted by Crippen LogP contribution is -2.40. The number of aliphatic hydroxyl groups excluding tert-OH is 2. The Morgan fingerprint density at radius 1 is 1.29 bits per heavy atom. The molecule has 0 aromatic carbocycles. The van der Waals surface area contributed by atoms with Crippen molar-refractivity contribution in [1.29, 1.82) is 0 Å². The van der Waals surface area contributed by atoms with Gasteiger partial charge < -0.3 is 20.3 Å². The van der Waals surface area contributed by atoms with E-state index < -0.39 is 11.7 Å². The summed E-state index contributed by atoms with van der Waals surface area (Å²) in [5.74, 6) is 0.270. The van der Waals surface area contributed by atoms with E-state index >= 15 is 0 Å². The third-order valence-corrected chi connectivity index (χ3v) is 3.77. The van der Waals surface area contributed by atoms with Crippen LogP contribution >= 0.6 is 0 Å². The molecule has 3 atom stereocenters. The van der Waals surface area contributed by atoms with Gasteiger partial charge in [-0.15, -0.1) is 0 Å². The summed E-state index contributed by atoms with van der Waals surface area (Å²) in [6, 6.07) is -0.00597. The lowest BCUT2D eigenvalue weighted by atomic mass is 9.83. The van der Waals surface area contributed by atoms with Crippen LogP contribution in [0.5, 0.6) is 0 Å². The molecule has 1 rings (SSSR count). The van der Waals surface area contributed by atoms with Gasteiger partial charge in [-0.25, -0.2) is 4.79 Å².